The van der Waals surface area contributed by atoms with Gasteiger partial charge in [-0.15, -0.1) is 0 Å². The van der Waals surface area contributed by atoms with Crippen molar-refractivity contribution in [2.45, 2.75) is 279 Å². The van der Waals surface area contributed by atoms with Crippen LogP contribution in [-0.4, -0.2) is 58.0 Å². The van der Waals surface area contributed by atoms with E-state index >= 15 is 0 Å². The van der Waals surface area contributed by atoms with Gasteiger partial charge in [-0.2, -0.15) is 0 Å². The number of ether oxygens (including phenoxy) is 2. The molecule has 3 radical (unpaired) electrons. The second-order valence-electron chi connectivity index (χ2n) is 20.4. The van der Waals surface area contributed by atoms with E-state index in [0.29, 0.717) is 35.7 Å². The molecular weight excluding hydrogens is 967 g/mol. The number of hydrogen-bond donors (Lipinski definition) is 1. The van der Waals surface area contributed by atoms with Gasteiger partial charge in [0.1, 0.15) is 0 Å². The summed E-state index contributed by atoms with van der Waals surface area (Å²) in [4.78, 5) is 0. The summed E-state index contributed by atoms with van der Waals surface area (Å²) in [6.45, 7) is 53.6. The average Bonchev–Trinajstić information content (AvgIpc) is 3.70. The Morgan fingerprint density at radius 1 is 0.661 bits per heavy atom. The Kier molecular flexibility index (Phi) is 65.7. The topological polar surface area (TPSA) is 64.6 Å². The van der Waals surface area contributed by atoms with Gasteiger partial charge in [0.2, 0.25) is 10.0 Å². The Bertz CT molecular complexity index is 968. The van der Waals surface area contributed by atoms with Crippen molar-refractivity contribution in [3.63, 3.8) is 0 Å². The molecule has 2 atom stereocenters. The minimum Gasteiger partial charge on any atom is -0.373 e. The van der Waals surface area contributed by atoms with Crippen LogP contribution < -0.4 is 4.72 Å². The Balaban J connectivity index is -0.0000000649. The number of rotatable bonds is 14. The number of halogens is 2. The predicted molar refractivity (Wildman–Crippen MR) is 278 cm³/mol. The molecular formula is C52H115BF2NO4SW. The molecule has 0 saturated heterocycles. The molecule has 0 amide bonds. The summed E-state index contributed by atoms with van der Waals surface area (Å²) in [6.07, 6.45) is 13.7. The SMILES string of the molecule is CC.CC(C)(C)C.CC(C)C/C=C/C(F)(F)C(C)C.CC(C)NS(=O)(=O)C1(C)CC1.CC(C)O[C@@H]1CCC[C@H]1OC(C)C.CCC(C)C.CCC(C)C.CCC(C)C.[B].[CH3-].[CH3-].[W+2]. The van der Waals surface area contributed by atoms with Crippen molar-refractivity contribution in [2.75, 3.05) is 0 Å². The van der Waals surface area contributed by atoms with Gasteiger partial charge in [-0.05, 0) is 122 Å². The molecule has 0 aromatic heterocycles. The van der Waals surface area contributed by atoms with E-state index < -0.39 is 26.6 Å². The van der Waals surface area contributed by atoms with Gasteiger partial charge >= 0.3 is 21.1 Å². The fraction of sp³-hybridized carbons (Fsp3) is 0.923. The third-order valence-corrected chi connectivity index (χ3v) is 10.9. The Morgan fingerprint density at radius 2 is 0.935 bits per heavy atom. The van der Waals surface area contributed by atoms with E-state index in [2.05, 4.69) is 122 Å². The third kappa shape index (κ3) is 66.8. The maximum Gasteiger partial charge on any atom is 2.00 e. The van der Waals surface area contributed by atoms with Crippen LogP contribution in [0.4, 0.5) is 8.78 Å². The minimum atomic E-state index is -3.04. The van der Waals surface area contributed by atoms with E-state index in [-0.39, 0.29) is 50.4 Å². The summed E-state index contributed by atoms with van der Waals surface area (Å²) in [7, 11) is -3.04. The van der Waals surface area contributed by atoms with Crippen molar-refractivity contribution in [3.8, 4) is 0 Å². The number of nitrogens with one attached hydrogen (secondary N) is 1. The molecule has 0 heterocycles. The molecule has 2 aliphatic rings. The zero-order valence-corrected chi connectivity index (χ0v) is 50.8. The van der Waals surface area contributed by atoms with E-state index in [0.717, 1.165) is 55.9 Å². The van der Waals surface area contributed by atoms with Gasteiger partial charge < -0.3 is 24.3 Å². The summed E-state index contributed by atoms with van der Waals surface area (Å²) in [5.74, 6) is -0.153. The Morgan fingerprint density at radius 3 is 1.11 bits per heavy atom. The van der Waals surface area contributed by atoms with Gasteiger partial charge in [-0.25, -0.2) is 21.9 Å². The smallest absolute Gasteiger partial charge is 0.373 e. The summed E-state index contributed by atoms with van der Waals surface area (Å²) in [6, 6.07) is 0.0115. The van der Waals surface area contributed by atoms with Crippen molar-refractivity contribution in [1.82, 2.24) is 4.72 Å². The van der Waals surface area contributed by atoms with Crippen LogP contribution in [0.5, 0.6) is 0 Å². The van der Waals surface area contributed by atoms with Crippen molar-refractivity contribution in [2.24, 2.45) is 35.0 Å². The second-order valence-corrected chi connectivity index (χ2v) is 22.6. The average molecular weight is 1080 g/mol. The van der Waals surface area contributed by atoms with Gasteiger partial charge in [-0.1, -0.05) is 157 Å². The normalized spacial score (nSPS) is 16.1. The van der Waals surface area contributed by atoms with Crippen molar-refractivity contribution in [3.05, 3.63) is 27.0 Å². The second kappa shape index (κ2) is 47.7. The molecule has 0 unspecified atom stereocenters. The van der Waals surface area contributed by atoms with E-state index in [9.17, 15) is 17.2 Å². The molecule has 5 nitrogen and oxygen atoms in total. The predicted octanol–water partition coefficient (Wildman–Crippen LogP) is 17.3. The molecule has 2 aliphatic carbocycles. The first-order valence-electron chi connectivity index (χ1n) is 23.5. The van der Waals surface area contributed by atoms with E-state index in [1.165, 1.54) is 39.5 Å². The van der Waals surface area contributed by atoms with Gasteiger partial charge in [-0.3, -0.25) is 0 Å². The first kappa shape index (κ1) is 85.5. The standard InChI is InChI=1S/C11H22O2.C10H18F2.C7H15NO2S.4C5H12.C2H6.2CH3.B.W/c1-8(2)12-10-6-5-7-11(10)13-9(3)4;1-8(2)6-5-7-10(11,12)9(3)4;1-6(2)8-11(9,10)7(3)4-5-7;1-5(2,3)4;3*1-4-5(2)3;1-2;;;;/h8-11H,5-7H2,1-4H3;5,7-9H,6H2,1-4H3;6,8H,4-5H2,1-3H3;1-4H3;3*5H,4H2,1-3H3;1-2H3;2*1H3;;/q;;;;;;;;2*-1;;+2/b;7-5+;;;;;;;;;;/t10-,11-;;;;;;;;;;;/m1.........../s1. The first-order valence-corrected chi connectivity index (χ1v) is 25.0. The van der Waals surface area contributed by atoms with E-state index in [4.69, 9.17) is 9.47 Å². The molecule has 0 aromatic carbocycles. The van der Waals surface area contributed by atoms with Gasteiger partial charge in [0, 0.05) is 20.4 Å². The van der Waals surface area contributed by atoms with E-state index in [1.54, 1.807) is 13.0 Å². The Hall–Kier alpha value is 0.183. The Labute approximate surface area is 409 Å². The number of allylic oxidation sites excluding steroid dienone is 2. The zero-order chi connectivity index (χ0) is 47.7. The maximum absolute atomic E-state index is 12.9. The molecule has 62 heavy (non-hydrogen) atoms. The number of hydrogen-bond acceptors (Lipinski definition) is 4. The van der Waals surface area contributed by atoms with Crippen LogP contribution in [0.1, 0.15) is 238 Å². The van der Waals surface area contributed by atoms with Gasteiger partial charge in [0.05, 0.1) is 29.2 Å². The molecule has 0 aliphatic heterocycles. The molecule has 10 heteroatoms. The van der Waals surface area contributed by atoms with Gasteiger partial charge in [0.25, 0.3) is 5.92 Å². The minimum absolute atomic E-state index is 0. The molecule has 0 bridgehead atoms. The number of alkyl halides is 2. The van der Waals surface area contributed by atoms with Crippen molar-refractivity contribution >= 4 is 18.4 Å². The molecule has 1 N–H and O–H groups in total. The molecule has 0 aromatic rings. The molecule has 2 saturated carbocycles. The summed E-state index contributed by atoms with van der Waals surface area (Å²) >= 11 is 0. The fourth-order valence-electron chi connectivity index (χ4n) is 3.49. The molecule has 2 rings (SSSR count). The van der Waals surface area contributed by atoms with Crippen LogP contribution >= 0.6 is 0 Å². The van der Waals surface area contributed by atoms with Crippen LogP contribution in [0.15, 0.2) is 12.2 Å². The van der Waals surface area contributed by atoms with E-state index in [1.807, 2.05) is 41.5 Å². The van der Waals surface area contributed by atoms with Crippen LogP contribution in [-0.2, 0) is 40.6 Å². The van der Waals surface area contributed by atoms with Crippen LogP contribution in [0.25, 0.3) is 0 Å². The van der Waals surface area contributed by atoms with Crippen LogP contribution in [0.2, 0.25) is 0 Å². The quantitative estimate of drug-likeness (QED) is 0.107. The first-order chi connectivity index (χ1) is 26.1. The zero-order valence-electron chi connectivity index (χ0n) is 47.1. The monoisotopic (exact) mass is 1080 g/mol. The van der Waals surface area contributed by atoms with Crippen molar-refractivity contribution < 1.29 is 47.7 Å². The van der Waals surface area contributed by atoms with Crippen molar-refractivity contribution in [1.29, 1.82) is 0 Å². The molecule has 381 valence electrons. The third-order valence-electron chi connectivity index (χ3n) is 8.45. The number of sulfonamides is 1. The van der Waals surface area contributed by atoms with Crippen LogP contribution in [0, 0.1) is 49.9 Å². The van der Waals surface area contributed by atoms with Gasteiger partial charge in [0.15, 0.2) is 0 Å². The molecule has 0 spiro atoms. The maximum atomic E-state index is 12.9. The fourth-order valence-corrected chi connectivity index (χ4v) is 5.03. The summed E-state index contributed by atoms with van der Waals surface area (Å²) < 4.78 is 62.4. The van der Waals surface area contributed by atoms with Crippen LogP contribution in [0.3, 0.4) is 0 Å². The largest absolute Gasteiger partial charge is 2.00 e. The summed E-state index contributed by atoms with van der Waals surface area (Å²) in [5.41, 5.74) is 0.500. The molecule has 2 fully saturated rings. The summed E-state index contributed by atoms with van der Waals surface area (Å²) in [5, 5.41) is 0.